The number of benzene rings is 1. The summed E-state index contributed by atoms with van der Waals surface area (Å²) in [5, 5.41) is 8.79. The lowest BCUT2D eigenvalue weighted by molar-refractivity contribution is 0.0691. The average molecular weight is 313 g/mol. The lowest BCUT2D eigenvalue weighted by Gasteiger charge is -2.07. The van der Waals surface area contributed by atoms with E-state index in [-0.39, 0.29) is 11.4 Å². The Morgan fingerprint density at radius 2 is 2.10 bits per heavy atom. The molecular formula is C13H12FNO5S. The highest BCUT2D eigenvalue weighted by molar-refractivity contribution is 7.89. The van der Waals surface area contributed by atoms with Crippen LogP contribution < -0.4 is 4.72 Å². The minimum atomic E-state index is -3.91. The van der Waals surface area contributed by atoms with Crippen LogP contribution in [-0.2, 0) is 16.4 Å². The highest BCUT2D eigenvalue weighted by Gasteiger charge is 2.18. The van der Waals surface area contributed by atoms with E-state index in [1.807, 2.05) is 0 Å². The molecule has 6 nitrogen and oxygen atoms in total. The van der Waals surface area contributed by atoms with E-state index in [0.717, 1.165) is 18.2 Å². The SMILES string of the molecule is O=C(O)c1cc(S(=O)(=O)NCCc2ccco2)ccc1F. The van der Waals surface area contributed by atoms with E-state index in [2.05, 4.69) is 4.72 Å². The van der Waals surface area contributed by atoms with E-state index >= 15 is 0 Å². The van der Waals surface area contributed by atoms with Gasteiger partial charge in [-0.25, -0.2) is 22.3 Å². The fraction of sp³-hybridized carbons (Fsp3) is 0.154. The van der Waals surface area contributed by atoms with Crippen LogP contribution in [0.5, 0.6) is 0 Å². The third-order valence-electron chi connectivity index (χ3n) is 2.72. The molecule has 1 aromatic carbocycles. The summed E-state index contributed by atoms with van der Waals surface area (Å²) in [6.07, 6.45) is 1.82. The number of carboxylic acid groups (broad SMARTS) is 1. The number of halogens is 1. The Morgan fingerprint density at radius 3 is 2.71 bits per heavy atom. The molecule has 0 atom stereocenters. The lowest BCUT2D eigenvalue weighted by Crippen LogP contribution is -2.26. The van der Waals surface area contributed by atoms with Crippen molar-refractivity contribution in [2.75, 3.05) is 6.54 Å². The Balaban J connectivity index is 2.12. The molecule has 2 N–H and O–H groups in total. The zero-order valence-electron chi connectivity index (χ0n) is 10.7. The molecule has 112 valence electrons. The quantitative estimate of drug-likeness (QED) is 0.845. The molecule has 8 heteroatoms. The van der Waals surface area contributed by atoms with Crippen LogP contribution in [0.2, 0.25) is 0 Å². The Kier molecular flexibility index (Phi) is 4.39. The highest BCUT2D eigenvalue weighted by atomic mass is 32.2. The first-order chi connectivity index (χ1) is 9.90. The van der Waals surface area contributed by atoms with Gasteiger partial charge in [-0.15, -0.1) is 0 Å². The van der Waals surface area contributed by atoms with Gasteiger partial charge >= 0.3 is 5.97 Å². The van der Waals surface area contributed by atoms with Crippen molar-refractivity contribution in [2.24, 2.45) is 0 Å². The molecule has 0 amide bonds. The van der Waals surface area contributed by atoms with Gasteiger partial charge in [-0.3, -0.25) is 0 Å². The third-order valence-corrected chi connectivity index (χ3v) is 4.18. The summed E-state index contributed by atoms with van der Waals surface area (Å²) in [6.45, 7) is 0.0790. The number of hydrogen-bond donors (Lipinski definition) is 2. The number of hydrogen-bond acceptors (Lipinski definition) is 4. The summed E-state index contributed by atoms with van der Waals surface area (Å²) in [7, 11) is -3.91. The molecule has 0 aliphatic heterocycles. The zero-order chi connectivity index (χ0) is 15.5. The highest BCUT2D eigenvalue weighted by Crippen LogP contribution is 2.15. The van der Waals surface area contributed by atoms with E-state index in [1.165, 1.54) is 6.26 Å². The fourth-order valence-electron chi connectivity index (χ4n) is 1.68. The Hall–Kier alpha value is -2.19. The minimum absolute atomic E-state index is 0.0790. The van der Waals surface area contributed by atoms with Crippen molar-refractivity contribution in [3.05, 3.63) is 53.7 Å². The second-order valence-electron chi connectivity index (χ2n) is 4.17. The summed E-state index contributed by atoms with van der Waals surface area (Å²) in [5.41, 5.74) is -0.691. The smallest absolute Gasteiger partial charge is 0.338 e. The van der Waals surface area contributed by atoms with Crippen LogP contribution in [0.25, 0.3) is 0 Å². The maximum atomic E-state index is 13.2. The van der Waals surface area contributed by atoms with E-state index in [0.29, 0.717) is 12.2 Å². The van der Waals surface area contributed by atoms with Crippen molar-refractivity contribution >= 4 is 16.0 Å². The molecule has 0 fully saturated rings. The predicted molar refractivity (Wildman–Crippen MR) is 71.0 cm³/mol. The first-order valence-corrected chi connectivity index (χ1v) is 7.43. The maximum Gasteiger partial charge on any atom is 0.338 e. The standard InChI is InChI=1S/C13H12FNO5S/c14-12-4-3-10(8-11(12)13(16)17)21(18,19)15-6-5-9-2-1-7-20-9/h1-4,7-8,15H,5-6H2,(H,16,17). The summed E-state index contributed by atoms with van der Waals surface area (Å²) < 4.78 is 44.6. The van der Waals surface area contributed by atoms with Crippen LogP contribution in [0.15, 0.2) is 45.9 Å². The van der Waals surface area contributed by atoms with Gasteiger partial charge in [0.15, 0.2) is 0 Å². The predicted octanol–water partition coefficient (Wildman–Crippen LogP) is 1.64. The van der Waals surface area contributed by atoms with Crippen molar-refractivity contribution < 1.29 is 27.1 Å². The molecule has 0 spiro atoms. The number of sulfonamides is 1. The van der Waals surface area contributed by atoms with Crippen molar-refractivity contribution in [1.82, 2.24) is 4.72 Å². The maximum absolute atomic E-state index is 13.2. The molecular weight excluding hydrogens is 301 g/mol. The van der Waals surface area contributed by atoms with Gasteiger partial charge < -0.3 is 9.52 Å². The zero-order valence-corrected chi connectivity index (χ0v) is 11.6. The molecule has 2 aromatic rings. The monoisotopic (exact) mass is 313 g/mol. The molecule has 0 unspecified atom stereocenters. The van der Waals surface area contributed by atoms with Crippen LogP contribution in [0, 0.1) is 5.82 Å². The number of rotatable bonds is 6. The second-order valence-corrected chi connectivity index (χ2v) is 5.94. The molecule has 0 aliphatic rings. The van der Waals surface area contributed by atoms with Gasteiger partial charge in [0.2, 0.25) is 10.0 Å². The van der Waals surface area contributed by atoms with E-state index in [4.69, 9.17) is 9.52 Å². The third kappa shape index (κ3) is 3.67. The van der Waals surface area contributed by atoms with Crippen molar-refractivity contribution in [2.45, 2.75) is 11.3 Å². The van der Waals surface area contributed by atoms with Gasteiger partial charge in [0.25, 0.3) is 0 Å². The van der Waals surface area contributed by atoms with E-state index < -0.39 is 27.4 Å². The minimum Gasteiger partial charge on any atom is -0.478 e. The van der Waals surface area contributed by atoms with Crippen molar-refractivity contribution in [1.29, 1.82) is 0 Å². The summed E-state index contributed by atoms with van der Waals surface area (Å²) in [4.78, 5) is 10.5. The molecule has 21 heavy (non-hydrogen) atoms. The average Bonchev–Trinajstić information content (AvgIpc) is 2.91. The van der Waals surface area contributed by atoms with Crippen molar-refractivity contribution in [3.63, 3.8) is 0 Å². The van der Waals surface area contributed by atoms with Crippen LogP contribution in [0.1, 0.15) is 16.1 Å². The lowest BCUT2D eigenvalue weighted by atomic mass is 10.2. The molecule has 0 bridgehead atoms. The van der Waals surface area contributed by atoms with Gasteiger partial charge in [-0.05, 0) is 30.3 Å². The fourth-order valence-corrected chi connectivity index (χ4v) is 2.74. The van der Waals surface area contributed by atoms with E-state index in [1.54, 1.807) is 12.1 Å². The number of carbonyl (C=O) groups is 1. The van der Waals surface area contributed by atoms with Gasteiger partial charge in [-0.1, -0.05) is 0 Å². The molecule has 1 heterocycles. The first kappa shape index (κ1) is 15.2. The number of furan rings is 1. The largest absolute Gasteiger partial charge is 0.478 e. The summed E-state index contributed by atoms with van der Waals surface area (Å²) in [6, 6.07) is 5.99. The molecule has 0 radical (unpaired) electrons. The van der Waals surface area contributed by atoms with Crippen molar-refractivity contribution in [3.8, 4) is 0 Å². The second kappa shape index (κ2) is 6.06. The van der Waals surface area contributed by atoms with Crippen LogP contribution in [0.3, 0.4) is 0 Å². The summed E-state index contributed by atoms with van der Waals surface area (Å²) in [5.74, 6) is -1.90. The topological polar surface area (TPSA) is 96.6 Å². The molecule has 1 aromatic heterocycles. The Morgan fingerprint density at radius 1 is 1.33 bits per heavy atom. The van der Waals surface area contributed by atoms with Gasteiger partial charge in [0, 0.05) is 13.0 Å². The van der Waals surface area contributed by atoms with Crippen LogP contribution in [-0.4, -0.2) is 26.0 Å². The summed E-state index contributed by atoms with van der Waals surface area (Å²) >= 11 is 0. The number of aromatic carboxylic acids is 1. The molecule has 2 rings (SSSR count). The van der Waals surface area contributed by atoms with Gasteiger partial charge in [0.1, 0.15) is 11.6 Å². The first-order valence-electron chi connectivity index (χ1n) is 5.95. The Labute approximate surface area is 120 Å². The number of carboxylic acids is 1. The van der Waals surface area contributed by atoms with Crippen LogP contribution >= 0.6 is 0 Å². The van der Waals surface area contributed by atoms with Crippen LogP contribution in [0.4, 0.5) is 4.39 Å². The number of nitrogens with one attached hydrogen (secondary N) is 1. The Bertz CT molecular complexity index is 740. The van der Waals surface area contributed by atoms with E-state index in [9.17, 15) is 17.6 Å². The molecule has 0 aliphatic carbocycles. The van der Waals surface area contributed by atoms with Gasteiger partial charge in [0.05, 0.1) is 16.7 Å². The molecule has 0 saturated carbocycles. The van der Waals surface area contributed by atoms with Gasteiger partial charge in [-0.2, -0.15) is 0 Å². The normalized spacial score (nSPS) is 11.5. The molecule has 0 saturated heterocycles.